The average Bonchev–Trinajstić information content (AvgIpc) is 2.48. The van der Waals surface area contributed by atoms with Gasteiger partial charge in [0.15, 0.2) is 0 Å². The molecule has 2 rings (SSSR count). The van der Waals surface area contributed by atoms with Gasteiger partial charge >= 0.3 is 0 Å². The zero-order valence-electron chi connectivity index (χ0n) is 6.61. The largest absolute Gasteiger partial charge is 0.506 e. The second-order valence-electron chi connectivity index (χ2n) is 2.67. The monoisotopic (exact) mass is 190 g/mol. The quantitative estimate of drug-likeness (QED) is 0.493. The van der Waals surface area contributed by atoms with Crippen molar-refractivity contribution in [1.29, 1.82) is 5.26 Å². The van der Waals surface area contributed by atoms with E-state index in [1.165, 1.54) is 17.4 Å². The second kappa shape index (κ2) is 2.64. The lowest BCUT2D eigenvalue weighted by atomic mass is 10.1. The lowest BCUT2D eigenvalue weighted by Crippen LogP contribution is -1.84. The van der Waals surface area contributed by atoms with Crippen molar-refractivity contribution in [2.24, 2.45) is 0 Å². The van der Waals surface area contributed by atoms with Crippen LogP contribution in [0.1, 0.15) is 5.56 Å². The Morgan fingerprint density at radius 2 is 2.23 bits per heavy atom. The summed E-state index contributed by atoms with van der Waals surface area (Å²) in [7, 11) is 0. The van der Waals surface area contributed by atoms with Crippen molar-refractivity contribution in [3.8, 4) is 11.8 Å². The van der Waals surface area contributed by atoms with E-state index in [-0.39, 0.29) is 5.75 Å². The Morgan fingerprint density at radius 3 is 2.92 bits per heavy atom. The standard InChI is InChI=1S/C9H6N2OS/c10-3-5-4-13-9-2-7(11)8(12)1-6(5)9/h1-2,4,12H,11H2. The van der Waals surface area contributed by atoms with Crippen LogP contribution in [-0.2, 0) is 0 Å². The van der Waals surface area contributed by atoms with E-state index in [2.05, 4.69) is 6.07 Å². The number of thiophene rings is 1. The Balaban J connectivity index is 2.86. The summed E-state index contributed by atoms with van der Waals surface area (Å²) < 4.78 is 0.923. The number of rotatable bonds is 0. The number of nitrogens with zero attached hydrogens (tertiary/aromatic N) is 1. The zero-order valence-corrected chi connectivity index (χ0v) is 7.43. The fraction of sp³-hybridized carbons (Fsp3) is 0. The Morgan fingerprint density at radius 1 is 1.46 bits per heavy atom. The van der Waals surface area contributed by atoms with Gasteiger partial charge in [-0.05, 0) is 12.1 Å². The Hall–Kier alpha value is -1.73. The number of phenols is 1. The van der Waals surface area contributed by atoms with Crippen molar-refractivity contribution in [1.82, 2.24) is 0 Å². The van der Waals surface area contributed by atoms with Crippen LogP contribution in [0.5, 0.6) is 5.75 Å². The molecule has 0 aliphatic carbocycles. The van der Waals surface area contributed by atoms with Crippen LogP contribution in [0.2, 0.25) is 0 Å². The second-order valence-corrected chi connectivity index (χ2v) is 3.58. The molecule has 13 heavy (non-hydrogen) atoms. The maximum atomic E-state index is 9.33. The van der Waals surface area contributed by atoms with Gasteiger partial charge in [0.1, 0.15) is 11.8 Å². The highest BCUT2D eigenvalue weighted by Gasteiger charge is 2.06. The van der Waals surface area contributed by atoms with Crippen molar-refractivity contribution in [3.05, 3.63) is 23.1 Å². The summed E-state index contributed by atoms with van der Waals surface area (Å²) >= 11 is 1.45. The number of fused-ring (bicyclic) bond motifs is 1. The Kier molecular flexibility index (Phi) is 1.61. The van der Waals surface area contributed by atoms with Crippen molar-refractivity contribution in [3.63, 3.8) is 0 Å². The third kappa shape index (κ3) is 1.10. The Labute approximate surface area is 78.6 Å². The Bertz CT molecular complexity index is 510. The first-order chi connectivity index (χ1) is 6.22. The zero-order chi connectivity index (χ0) is 9.42. The molecule has 0 saturated carbocycles. The van der Waals surface area contributed by atoms with Crippen LogP contribution in [0.4, 0.5) is 5.69 Å². The number of aromatic hydroxyl groups is 1. The number of nitriles is 1. The lowest BCUT2D eigenvalue weighted by molar-refractivity contribution is 0.479. The van der Waals surface area contributed by atoms with Gasteiger partial charge in [-0.1, -0.05) is 0 Å². The summed E-state index contributed by atoms with van der Waals surface area (Å²) in [6, 6.07) is 5.26. The number of phenolic OH excluding ortho intramolecular Hbond substituents is 1. The predicted molar refractivity (Wildman–Crippen MR) is 52.6 cm³/mol. The van der Waals surface area contributed by atoms with Crippen molar-refractivity contribution in [2.45, 2.75) is 0 Å². The molecule has 64 valence electrons. The van der Waals surface area contributed by atoms with E-state index < -0.39 is 0 Å². The highest BCUT2D eigenvalue weighted by atomic mass is 32.1. The first-order valence-corrected chi connectivity index (χ1v) is 4.50. The van der Waals surface area contributed by atoms with Crippen molar-refractivity contribution < 1.29 is 5.11 Å². The van der Waals surface area contributed by atoms with E-state index in [4.69, 9.17) is 11.0 Å². The molecule has 1 aromatic carbocycles. The molecule has 0 bridgehead atoms. The summed E-state index contributed by atoms with van der Waals surface area (Å²) in [5.74, 6) is 0.0300. The molecule has 3 nitrogen and oxygen atoms in total. The molecular weight excluding hydrogens is 184 g/mol. The molecule has 0 aliphatic rings. The third-order valence-corrected chi connectivity index (χ3v) is 2.79. The van der Waals surface area contributed by atoms with Gasteiger partial charge in [-0.25, -0.2) is 0 Å². The topological polar surface area (TPSA) is 70.0 Å². The van der Waals surface area contributed by atoms with Gasteiger partial charge < -0.3 is 10.8 Å². The molecule has 0 atom stereocenters. The van der Waals surface area contributed by atoms with Gasteiger partial charge in [-0.2, -0.15) is 5.26 Å². The van der Waals surface area contributed by atoms with E-state index in [1.54, 1.807) is 11.4 Å². The van der Waals surface area contributed by atoms with Crippen LogP contribution in [-0.4, -0.2) is 5.11 Å². The van der Waals surface area contributed by atoms with Crippen molar-refractivity contribution in [2.75, 3.05) is 5.73 Å². The number of hydrogen-bond acceptors (Lipinski definition) is 4. The molecule has 4 heteroatoms. The van der Waals surface area contributed by atoms with Gasteiger partial charge in [0.2, 0.25) is 0 Å². The molecule has 0 saturated heterocycles. The third-order valence-electron chi connectivity index (χ3n) is 1.84. The summed E-state index contributed by atoms with van der Waals surface area (Å²) in [4.78, 5) is 0. The van der Waals surface area contributed by atoms with Crippen LogP contribution in [0.3, 0.4) is 0 Å². The fourth-order valence-electron chi connectivity index (χ4n) is 1.16. The lowest BCUT2D eigenvalue weighted by Gasteiger charge is -1.97. The molecule has 1 heterocycles. The molecule has 0 unspecified atom stereocenters. The number of benzene rings is 1. The molecule has 0 spiro atoms. The van der Waals surface area contributed by atoms with E-state index in [0.29, 0.717) is 11.3 Å². The van der Waals surface area contributed by atoms with Crippen LogP contribution in [0, 0.1) is 11.3 Å². The van der Waals surface area contributed by atoms with Crippen LogP contribution in [0.15, 0.2) is 17.5 Å². The van der Waals surface area contributed by atoms with Crippen LogP contribution < -0.4 is 5.73 Å². The van der Waals surface area contributed by atoms with E-state index >= 15 is 0 Å². The summed E-state index contributed by atoms with van der Waals surface area (Å²) in [6.07, 6.45) is 0. The van der Waals surface area contributed by atoms with E-state index in [9.17, 15) is 5.11 Å². The van der Waals surface area contributed by atoms with Gasteiger partial charge in [0.05, 0.1) is 11.3 Å². The number of hydrogen-bond donors (Lipinski definition) is 2. The van der Waals surface area contributed by atoms with Crippen LogP contribution >= 0.6 is 11.3 Å². The maximum absolute atomic E-state index is 9.33. The molecule has 0 fully saturated rings. The molecule has 2 aromatic rings. The average molecular weight is 190 g/mol. The highest BCUT2D eigenvalue weighted by Crippen LogP contribution is 2.32. The van der Waals surface area contributed by atoms with E-state index in [0.717, 1.165) is 10.1 Å². The first-order valence-electron chi connectivity index (χ1n) is 3.62. The summed E-state index contributed by atoms with van der Waals surface area (Å²) in [5.41, 5.74) is 6.44. The minimum Gasteiger partial charge on any atom is -0.506 e. The fourth-order valence-corrected chi connectivity index (χ4v) is 2.08. The number of nitrogen functional groups attached to an aromatic ring is 1. The number of nitrogens with two attached hydrogens (primary N) is 1. The van der Waals surface area contributed by atoms with Crippen LogP contribution in [0.25, 0.3) is 10.1 Å². The molecule has 0 aliphatic heterocycles. The maximum Gasteiger partial charge on any atom is 0.139 e. The molecule has 3 N–H and O–H groups in total. The summed E-state index contributed by atoms with van der Waals surface area (Å²) in [6.45, 7) is 0. The van der Waals surface area contributed by atoms with Gasteiger partial charge in [-0.3, -0.25) is 0 Å². The normalized spacial score (nSPS) is 10.1. The summed E-state index contributed by atoms with van der Waals surface area (Å²) in [5, 5.41) is 20.6. The minimum absolute atomic E-state index is 0.0300. The molecule has 1 aromatic heterocycles. The smallest absolute Gasteiger partial charge is 0.139 e. The molecular formula is C9H6N2OS. The number of anilines is 1. The molecule has 0 radical (unpaired) electrons. The first kappa shape index (κ1) is 7.90. The van der Waals surface area contributed by atoms with Gasteiger partial charge in [0.25, 0.3) is 0 Å². The van der Waals surface area contributed by atoms with Gasteiger partial charge in [0, 0.05) is 15.5 Å². The molecule has 0 amide bonds. The highest BCUT2D eigenvalue weighted by molar-refractivity contribution is 7.17. The minimum atomic E-state index is 0.0300. The predicted octanol–water partition coefficient (Wildman–Crippen LogP) is 2.06. The van der Waals surface area contributed by atoms with E-state index in [1.807, 2.05) is 0 Å². The van der Waals surface area contributed by atoms with Crippen molar-refractivity contribution >= 4 is 27.1 Å². The SMILES string of the molecule is N#Cc1csc2cc(N)c(O)cc12. The van der Waals surface area contributed by atoms with Gasteiger partial charge in [-0.15, -0.1) is 11.3 Å².